The molecule has 0 aliphatic carbocycles. The van der Waals surface area contributed by atoms with E-state index in [0.717, 1.165) is 5.56 Å². The van der Waals surface area contributed by atoms with Crippen LogP contribution in [0.3, 0.4) is 0 Å². The van der Waals surface area contributed by atoms with Crippen LogP contribution in [0.15, 0.2) is 16.8 Å². The summed E-state index contributed by atoms with van der Waals surface area (Å²) >= 11 is 1.57. The fourth-order valence-electron chi connectivity index (χ4n) is 0.667. The standard InChI is InChI=1S/C8H10O3S/c1-6(8(9)10)11-4-7-2-3-12-5-7/h2-3,5-6H,4H2,1H3,(H,9,10)/t6-/m0/s1. The molecular weight excluding hydrogens is 176 g/mol. The first-order valence-electron chi connectivity index (χ1n) is 3.55. The predicted octanol–water partition coefficient (Wildman–Crippen LogP) is 1.74. The summed E-state index contributed by atoms with van der Waals surface area (Å²) in [5.41, 5.74) is 1.02. The Morgan fingerprint density at radius 1 is 1.83 bits per heavy atom. The Labute approximate surface area is 74.6 Å². The van der Waals surface area contributed by atoms with Crippen molar-refractivity contribution in [1.82, 2.24) is 0 Å². The highest BCUT2D eigenvalue weighted by Crippen LogP contribution is 2.08. The SMILES string of the molecule is C[C@H](OCc1ccsc1)C(=O)O. The van der Waals surface area contributed by atoms with E-state index in [2.05, 4.69) is 0 Å². The third kappa shape index (κ3) is 2.64. The van der Waals surface area contributed by atoms with E-state index in [-0.39, 0.29) is 0 Å². The quantitative estimate of drug-likeness (QED) is 0.779. The van der Waals surface area contributed by atoms with Crippen molar-refractivity contribution in [2.45, 2.75) is 19.6 Å². The molecule has 12 heavy (non-hydrogen) atoms. The zero-order valence-electron chi connectivity index (χ0n) is 6.69. The third-order valence-electron chi connectivity index (χ3n) is 1.43. The molecule has 0 saturated heterocycles. The normalized spacial score (nSPS) is 12.8. The summed E-state index contributed by atoms with van der Waals surface area (Å²) < 4.78 is 5.05. The minimum Gasteiger partial charge on any atom is -0.479 e. The van der Waals surface area contributed by atoms with Crippen molar-refractivity contribution < 1.29 is 14.6 Å². The van der Waals surface area contributed by atoms with Gasteiger partial charge in [0.2, 0.25) is 0 Å². The third-order valence-corrected chi connectivity index (χ3v) is 2.16. The summed E-state index contributed by atoms with van der Waals surface area (Å²) in [5.74, 6) is -0.926. The summed E-state index contributed by atoms with van der Waals surface area (Å²) in [6.45, 7) is 1.89. The van der Waals surface area contributed by atoms with Crippen molar-refractivity contribution >= 4 is 17.3 Å². The first kappa shape index (κ1) is 9.22. The summed E-state index contributed by atoms with van der Waals surface area (Å²) in [6.07, 6.45) is -0.732. The van der Waals surface area contributed by atoms with Crippen molar-refractivity contribution in [3.8, 4) is 0 Å². The molecule has 0 bridgehead atoms. The molecule has 0 radical (unpaired) electrons. The lowest BCUT2D eigenvalue weighted by Crippen LogP contribution is -2.19. The molecular formula is C8H10O3S. The first-order valence-corrected chi connectivity index (χ1v) is 4.50. The fourth-order valence-corrected chi connectivity index (χ4v) is 1.32. The van der Waals surface area contributed by atoms with Crippen molar-refractivity contribution in [3.05, 3.63) is 22.4 Å². The minimum absolute atomic E-state index is 0.372. The average Bonchev–Trinajstić information content (AvgIpc) is 2.51. The number of hydrogen-bond donors (Lipinski definition) is 1. The zero-order chi connectivity index (χ0) is 8.97. The molecule has 0 amide bonds. The van der Waals surface area contributed by atoms with Crippen LogP contribution in [0.1, 0.15) is 12.5 Å². The van der Waals surface area contributed by atoms with Gasteiger partial charge in [-0.3, -0.25) is 0 Å². The van der Waals surface area contributed by atoms with Gasteiger partial charge in [-0.15, -0.1) is 0 Å². The Morgan fingerprint density at radius 3 is 3.08 bits per heavy atom. The Morgan fingerprint density at radius 2 is 2.58 bits per heavy atom. The zero-order valence-corrected chi connectivity index (χ0v) is 7.50. The molecule has 0 aromatic carbocycles. The largest absolute Gasteiger partial charge is 0.479 e. The number of thiophene rings is 1. The van der Waals surface area contributed by atoms with Crippen LogP contribution in [-0.2, 0) is 16.1 Å². The van der Waals surface area contributed by atoms with Gasteiger partial charge < -0.3 is 9.84 Å². The highest BCUT2D eigenvalue weighted by Gasteiger charge is 2.10. The lowest BCUT2D eigenvalue weighted by atomic mass is 10.3. The van der Waals surface area contributed by atoms with E-state index in [9.17, 15) is 4.79 Å². The van der Waals surface area contributed by atoms with Crippen LogP contribution in [0, 0.1) is 0 Å². The Balaban J connectivity index is 2.31. The van der Waals surface area contributed by atoms with Gasteiger partial charge in [0.15, 0.2) is 6.10 Å². The molecule has 0 fully saturated rings. The highest BCUT2D eigenvalue weighted by atomic mass is 32.1. The highest BCUT2D eigenvalue weighted by molar-refractivity contribution is 7.07. The number of rotatable bonds is 4. The predicted molar refractivity (Wildman–Crippen MR) is 46.2 cm³/mol. The lowest BCUT2D eigenvalue weighted by Gasteiger charge is -2.06. The second-order valence-corrected chi connectivity index (χ2v) is 3.20. The molecule has 1 atom stereocenters. The van der Waals surface area contributed by atoms with Gasteiger partial charge in [0.1, 0.15) is 0 Å². The summed E-state index contributed by atoms with van der Waals surface area (Å²) in [5, 5.41) is 12.4. The summed E-state index contributed by atoms with van der Waals surface area (Å²) in [4.78, 5) is 10.3. The summed E-state index contributed by atoms with van der Waals surface area (Å²) in [6, 6.07) is 1.92. The van der Waals surface area contributed by atoms with Crippen molar-refractivity contribution in [1.29, 1.82) is 0 Å². The van der Waals surface area contributed by atoms with Crippen LogP contribution < -0.4 is 0 Å². The maximum Gasteiger partial charge on any atom is 0.332 e. The van der Waals surface area contributed by atoms with E-state index in [1.807, 2.05) is 16.8 Å². The number of aliphatic carboxylic acids is 1. The second-order valence-electron chi connectivity index (χ2n) is 2.42. The maximum absolute atomic E-state index is 10.3. The van der Waals surface area contributed by atoms with Gasteiger partial charge >= 0.3 is 5.97 Å². The van der Waals surface area contributed by atoms with E-state index in [0.29, 0.717) is 6.61 Å². The van der Waals surface area contributed by atoms with Gasteiger partial charge in [0.25, 0.3) is 0 Å². The molecule has 1 N–H and O–H groups in total. The molecule has 0 aliphatic rings. The van der Waals surface area contributed by atoms with Crippen LogP contribution >= 0.6 is 11.3 Å². The molecule has 66 valence electrons. The number of hydrogen-bond acceptors (Lipinski definition) is 3. The van der Waals surface area contributed by atoms with Gasteiger partial charge in [-0.1, -0.05) is 0 Å². The number of carboxylic acid groups (broad SMARTS) is 1. The molecule has 1 rings (SSSR count). The number of carbonyl (C=O) groups is 1. The monoisotopic (exact) mass is 186 g/mol. The Bertz CT molecular complexity index is 243. The van der Waals surface area contributed by atoms with Gasteiger partial charge in [-0.2, -0.15) is 11.3 Å². The molecule has 1 heterocycles. The van der Waals surface area contributed by atoms with Crippen molar-refractivity contribution in [2.24, 2.45) is 0 Å². The molecule has 4 heteroatoms. The molecule has 0 unspecified atom stereocenters. The number of ether oxygens (including phenoxy) is 1. The van der Waals surface area contributed by atoms with Crippen molar-refractivity contribution in [3.63, 3.8) is 0 Å². The average molecular weight is 186 g/mol. The lowest BCUT2D eigenvalue weighted by molar-refractivity contribution is -0.149. The molecule has 0 aliphatic heterocycles. The number of carboxylic acids is 1. The second kappa shape index (κ2) is 4.23. The topological polar surface area (TPSA) is 46.5 Å². The molecule has 1 aromatic heterocycles. The maximum atomic E-state index is 10.3. The van der Waals surface area contributed by atoms with Gasteiger partial charge in [0, 0.05) is 0 Å². The molecule has 3 nitrogen and oxygen atoms in total. The van der Waals surface area contributed by atoms with E-state index < -0.39 is 12.1 Å². The van der Waals surface area contributed by atoms with Crippen LogP contribution in [0.5, 0.6) is 0 Å². The van der Waals surface area contributed by atoms with Crippen LogP contribution in [0.25, 0.3) is 0 Å². The van der Waals surface area contributed by atoms with Crippen molar-refractivity contribution in [2.75, 3.05) is 0 Å². The van der Waals surface area contributed by atoms with E-state index in [1.54, 1.807) is 11.3 Å². The molecule has 0 spiro atoms. The van der Waals surface area contributed by atoms with E-state index >= 15 is 0 Å². The van der Waals surface area contributed by atoms with Crippen LogP contribution in [0.4, 0.5) is 0 Å². The molecule has 1 aromatic rings. The van der Waals surface area contributed by atoms with Crippen LogP contribution in [-0.4, -0.2) is 17.2 Å². The fraction of sp³-hybridized carbons (Fsp3) is 0.375. The van der Waals surface area contributed by atoms with Crippen LogP contribution in [0.2, 0.25) is 0 Å². The first-order chi connectivity index (χ1) is 5.70. The smallest absolute Gasteiger partial charge is 0.332 e. The Hall–Kier alpha value is -0.870. The molecule has 0 saturated carbocycles. The van der Waals surface area contributed by atoms with Gasteiger partial charge in [-0.25, -0.2) is 4.79 Å². The minimum atomic E-state index is -0.926. The van der Waals surface area contributed by atoms with Gasteiger partial charge in [-0.05, 0) is 29.3 Å². The summed E-state index contributed by atoms with van der Waals surface area (Å²) in [7, 11) is 0. The van der Waals surface area contributed by atoms with E-state index in [1.165, 1.54) is 6.92 Å². The Kier molecular flexibility index (Phi) is 3.25. The van der Waals surface area contributed by atoms with E-state index in [4.69, 9.17) is 9.84 Å². The van der Waals surface area contributed by atoms with Gasteiger partial charge in [0.05, 0.1) is 6.61 Å².